The lowest BCUT2D eigenvalue weighted by atomic mass is 10.1. The third kappa shape index (κ3) is 10.1. The van der Waals surface area contributed by atoms with Crippen molar-refractivity contribution in [3.63, 3.8) is 0 Å². The fourth-order valence-corrected chi connectivity index (χ4v) is 5.91. The molecule has 0 saturated carbocycles. The van der Waals surface area contributed by atoms with Crippen molar-refractivity contribution in [2.75, 3.05) is 31.8 Å². The van der Waals surface area contributed by atoms with Crippen LogP contribution < -0.4 is 16.8 Å². The summed E-state index contributed by atoms with van der Waals surface area (Å²) in [6.07, 6.45) is -1.39. The first-order valence-corrected chi connectivity index (χ1v) is 17.2. The lowest BCUT2D eigenvalue weighted by Gasteiger charge is -2.26. The number of ether oxygens (including phenoxy) is 1. The molecular formula is C35H40F6N10O5. The molecule has 3 atom stereocenters. The Morgan fingerprint density at radius 1 is 0.857 bits per heavy atom. The number of amides is 4. The normalized spacial score (nSPS) is 15.6. The number of nitrogens with one attached hydrogen (secondary N) is 1. The van der Waals surface area contributed by atoms with Gasteiger partial charge in [-0.1, -0.05) is 13.8 Å². The molecule has 1 aliphatic rings. The van der Waals surface area contributed by atoms with E-state index in [0.29, 0.717) is 42.7 Å². The molecule has 1 fully saturated rings. The summed E-state index contributed by atoms with van der Waals surface area (Å²) in [5.74, 6) is -3.69. The van der Waals surface area contributed by atoms with Gasteiger partial charge in [0.05, 0.1) is 51.9 Å². The molecule has 1 saturated heterocycles. The molecule has 4 aromatic heterocycles. The summed E-state index contributed by atoms with van der Waals surface area (Å²) in [5, 5.41) is 7.55. The van der Waals surface area contributed by atoms with Gasteiger partial charge in [0.15, 0.2) is 0 Å². The number of nitrogen functional groups attached to an aromatic ring is 1. The van der Waals surface area contributed by atoms with Crippen LogP contribution in [0, 0.1) is 0 Å². The Hall–Kier alpha value is -5.86. The Kier molecular flexibility index (Phi) is 13.6. The quantitative estimate of drug-likeness (QED) is 0.158. The first-order valence-electron chi connectivity index (χ1n) is 17.2. The van der Waals surface area contributed by atoms with Crippen LogP contribution in [0.2, 0.25) is 0 Å². The molecule has 0 radical (unpaired) electrons. The summed E-state index contributed by atoms with van der Waals surface area (Å²) in [6, 6.07) is 2.84. The highest BCUT2D eigenvalue weighted by Crippen LogP contribution is 2.33. The fraction of sp³-hybridized carbons (Fsp3) is 0.429. The number of halogens is 6. The molecule has 15 nitrogen and oxygen atoms in total. The molecule has 5 N–H and O–H groups in total. The van der Waals surface area contributed by atoms with E-state index in [1.54, 1.807) is 24.7 Å². The lowest BCUT2D eigenvalue weighted by molar-refractivity contribution is -0.144. The van der Waals surface area contributed by atoms with Gasteiger partial charge in [-0.25, -0.2) is 9.67 Å². The van der Waals surface area contributed by atoms with Gasteiger partial charge >= 0.3 is 36.0 Å². The second kappa shape index (κ2) is 17.7. The van der Waals surface area contributed by atoms with E-state index in [4.69, 9.17) is 16.2 Å². The van der Waals surface area contributed by atoms with Gasteiger partial charge < -0.3 is 31.3 Å². The first-order chi connectivity index (χ1) is 26.3. The van der Waals surface area contributed by atoms with Crippen molar-refractivity contribution in [2.45, 2.75) is 76.6 Å². The van der Waals surface area contributed by atoms with E-state index < -0.39 is 59.2 Å². The number of rotatable bonds is 8. The number of anilines is 2. The number of pyridine rings is 3. The van der Waals surface area contributed by atoms with Gasteiger partial charge in [0.2, 0.25) is 0 Å². The molecule has 3 unspecified atom stereocenters. The van der Waals surface area contributed by atoms with E-state index >= 15 is 0 Å². The number of nitrogens with zero attached hydrogens (tertiary/aromatic N) is 7. The van der Waals surface area contributed by atoms with Crippen molar-refractivity contribution >= 4 is 46.0 Å². The van der Waals surface area contributed by atoms with Crippen molar-refractivity contribution in [1.82, 2.24) is 34.5 Å². The number of fused-ring (bicyclic) bond motifs is 1. The number of hydrogen-bond acceptors (Lipinski definition) is 10. The van der Waals surface area contributed by atoms with Crippen LogP contribution in [0.4, 0.5) is 37.8 Å². The van der Waals surface area contributed by atoms with Gasteiger partial charge in [-0.2, -0.15) is 31.4 Å². The molecule has 0 aromatic carbocycles. The van der Waals surface area contributed by atoms with Crippen molar-refractivity contribution < 1.29 is 50.3 Å². The highest BCUT2D eigenvalue weighted by Gasteiger charge is 2.33. The lowest BCUT2D eigenvalue weighted by Crippen LogP contribution is -2.40. The molecule has 0 spiro atoms. The highest BCUT2D eigenvalue weighted by atomic mass is 19.4. The molecule has 1 aliphatic heterocycles. The first kappa shape index (κ1) is 42.9. The predicted octanol–water partition coefficient (Wildman–Crippen LogP) is 5.17. The zero-order valence-corrected chi connectivity index (χ0v) is 30.7. The molecule has 0 aliphatic carbocycles. The number of aromatic nitrogens is 5. The standard InChI is InChI=1S/C23H26F3N7O3.C12H14F3N3O2/c1-3-17(15-8-7-13(10-28-15)23(24,25)26)32(2)22(35)21(34)30-16-11-29-20(27)14-12-33(31-19(14)16)18-6-4-5-9-36-18;1-3-9(18(2)11(20)10(16)19)8-5-4-7(6-17-8)12(13,14)15/h7-8,10-12,17-18H,3-6,9H2,1-2H3,(H2,27,29)(H,30,34);4-6,9H,3H2,1-2H3,(H2,16,19). The van der Waals surface area contributed by atoms with Crippen molar-refractivity contribution in [3.8, 4) is 0 Å². The third-order valence-electron chi connectivity index (χ3n) is 8.96. The van der Waals surface area contributed by atoms with Crippen molar-refractivity contribution in [1.29, 1.82) is 0 Å². The molecule has 5 rings (SSSR count). The summed E-state index contributed by atoms with van der Waals surface area (Å²) in [7, 11) is 2.74. The number of carbonyl (C=O) groups excluding carboxylic acids is 4. The number of carbonyl (C=O) groups is 4. The van der Waals surface area contributed by atoms with Crippen molar-refractivity contribution in [2.24, 2.45) is 5.73 Å². The maximum Gasteiger partial charge on any atom is 0.417 e. The summed E-state index contributed by atoms with van der Waals surface area (Å²) in [5.41, 5.74) is 10.2. The van der Waals surface area contributed by atoms with Crippen LogP contribution in [-0.4, -0.2) is 78.9 Å². The second-order valence-electron chi connectivity index (χ2n) is 12.7. The molecule has 302 valence electrons. The molecule has 5 heterocycles. The van der Waals surface area contributed by atoms with Crippen LogP contribution in [0.3, 0.4) is 0 Å². The van der Waals surface area contributed by atoms with Gasteiger partial charge in [-0.3, -0.25) is 29.1 Å². The summed E-state index contributed by atoms with van der Waals surface area (Å²) >= 11 is 0. The Labute approximate surface area is 316 Å². The molecule has 56 heavy (non-hydrogen) atoms. The topological polar surface area (TPSA) is 205 Å². The Morgan fingerprint density at radius 2 is 1.39 bits per heavy atom. The van der Waals surface area contributed by atoms with Gasteiger partial charge in [-0.05, 0) is 56.4 Å². The number of primary amides is 1. The van der Waals surface area contributed by atoms with E-state index in [9.17, 15) is 45.5 Å². The Morgan fingerprint density at radius 3 is 1.82 bits per heavy atom. The van der Waals surface area contributed by atoms with Crippen molar-refractivity contribution in [3.05, 3.63) is 71.6 Å². The van der Waals surface area contributed by atoms with Crippen LogP contribution in [-0.2, 0) is 36.3 Å². The number of likely N-dealkylation sites (N-methyl/N-ethyl adjacent to an activating group) is 2. The minimum atomic E-state index is -4.52. The van der Waals surface area contributed by atoms with E-state index in [1.165, 1.54) is 32.4 Å². The van der Waals surface area contributed by atoms with E-state index in [0.717, 1.165) is 41.2 Å². The van der Waals surface area contributed by atoms with Gasteiger partial charge in [0.25, 0.3) is 0 Å². The van der Waals surface area contributed by atoms with E-state index in [1.807, 2.05) is 0 Å². The number of nitrogens with two attached hydrogens (primary N) is 2. The van der Waals surface area contributed by atoms with E-state index in [2.05, 4.69) is 25.4 Å². The van der Waals surface area contributed by atoms with Gasteiger partial charge in [-0.15, -0.1) is 0 Å². The minimum absolute atomic E-state index is 0.196. The Balaban J connectivity index is 0.000000296. The van der Waals surface area contributed by atoms with Crippen LogP contribution in [0.15, 0.2) is 49.1 Å². The zero-order chi connectivity index (χ0) is 41.5. The molecule has 4 amide bonds. The van der Waals surface area contributed by atoms with Crippen LogP contribution >= 0.6 is 0 Å². The average Bonchev–Trinajstić information content (AvgIpc) is 3.63. The highest BCUT2D eigenvalue weighted by molar-refractivity contribution is 6.40. The molecule has 21 heteroatoms. The van der Waals surface area contributed by atoms with Gasteiger partial charge in [0.1, 0.15) is 17.6 Å². The number of alkyl halides is 6. The van der Waals surface area contributed by atoms with Crippen LogP contribution in [0.1, 0.15) is 86.8 Å². The second-order valence-corrected chi connectivity index (χ2v) is 12.7. The van der Waals surface area contributed by atoms with Crippen LogP contribution in [0.25, 0.3) is 10.9 Å². The fourth-order valence-electron chi connectivity index (χ4n) is 5.91. The zero-order valence-electron chi connectivity index (χ0n) is 30.7. The average molecular weight is 795 g/mol. The van der Waals surface area contributed by atoms with E-state index in [-0.39, 0.29) is 29.1 Å². The summed E-state index contributed by atoms with van der Waals surface area (Å²) in [4.78, 5) is 62.0. The third-order valence-corrected chi connectivity index (χ3v) is 8.96. The van der Waals surface area contributed by atoms with Crippen LogP contribution in [0.5, 0.6) is 0 Å². The molecule has 4 aromatic rings. The number of hydrogen-bond donors (Lipinski definition) is 3. The summed E-state index contributed by atoms with van der Waals surface area (Å²) in [6.45, 7) is 4.07. The predicted molar refractivity (Wildman–Crippen MR) is 189 cm³/mol. The maximum atomic E-state index is 12.9. The van der Waals surface area contributed by atoms with Gasteiger partial charge in [0, 0.05) is 39.3 Å². The maximum absolute atomic E-state index is 12.9. The largest absolute Gasteiger partial charge is 0.417 e. The minimum Gasteiger partial charge on any atom is -0.383 e. The SMILES string of the molecule is CCC(c1ccc(C(F)(F)F)cn1)N(C)C(=O)C(=O)Nc1cnc(N)c2cn(C3CCCCO3)nc12.CCC(c1ccc(C(F)(F)F)cn1)N(C)C(=O)C(N)=O. The Bertz CT molecular complexity index is 2020. The summed E-state index contributed by atoms with van der Waals surface area (Å²) < 4.78 is 83.3. The molecular weight excluding hydrogens is 754 g/mol. The smallest absolute Gasteiger partial charge is 0.383 e. The monoisotopic (exact) mass is 794 g/mol. The molecule has 0 bridgehead atoms.